The highest BCUT2D eigenvalue weighted by molar-refractivity contribution is 5.28. The molecule has 0 amide bonds. The lowest BCUT2D eigenvalue weighted by molar-refractivity contribution is 0.474. The van der Waals surface area contributed by atoms with Gasteiger partial charge in [0.05, 0.1) is 0 Å². The molecule has 1 heteroatoms. The smallest absolute Gasteiger partial charge is 0.0208 e. The first-order valence-corrected chi connectivity index (χ1v) is 6.19. The van der Waals surface area contributed by atoms with Crippen molar-refractivity contribution in [2.45, 2.75) is 45.7 Å². The quantitative estimate of drug-likeness (QED) is 0.761. The zero-order valence-electron chi connectivity index (χ0n) is 10.3. The van der Waals surface area contributed by atoms with Crippen LogP contribution in [-0.4, -0.2) is 6.04 Å². The fourth-order valence-corrected chi connectivity index (χ4v) is 2.41. The van der Waals surface area contributed by atoms with Gasteiger partial charge in [-0.15, -0.1) is 0 Å². The molecule has 1 nitrogen and oxygen atoms in total. The van der Waals surface area contributed by atoms with Crippen LogP contribution in [0.5, 0.6) is 0 Å². The number of hydrogen-bond acceptors (Lipinski definition) is 1. The molecule has 86 valence electrons. The van der Waals surface area contributed by atoms with Crippen molar-refractivity contribution in [2.24, 2.45) is 0 Å². The van der Waals surface area contributed by atoms with Gasteiger partial charge in [-0.2, -0.15) is 0 Å². The van der Waals surface area contributed by atoms with Crippen molar-refractivity contribution in [3.63, 3.8) is 0 Å². The normalized spacial score (nSPS) is 20.0. The van der Waals surface area contributed by atoms with Gasteiger partial charge in [-0.05, 0) is 38.7 Å². The van der Waals surface area contributed by atoms with Crippen molar-refractivity contribution < 1.29 is 0 Å². The maximum Gasteiger partial charge on any atom is 0.0208 e. The van der Waals surface area contributed by atoms with Crippen molar-refractivity contribution in [3.05, 3.63) is 47.0 Å². The molecule has 1 N–H and O–H groups in total. The van der Waals surface area contributed by atoms with Gasteiger partial charge in [-0.1, -0.05) is 41.5 Å². The van der Waals surface area contributed by atoms with E-state index in [4.69, 9.17) is 0 Å². The summed E-state index contributed by atoms with van der Waals surface area (Å²) in [6, 6.07) is 7.45. The van der Waals surface area contributed by atoms with Crippen molar-refractivity contribution in [3.8, 4) is 0 Å². The molecule has 0 saturated carbocycles. The summed E-state index contributed by atoms with van der Waals surface area (Å²) in [5.74, 6) is 0. The van der Waals surface area contributed by atoms with Crippen LogP contribution < -0.4 is 5.32 Å². The molecule has 0 bridgehead atoms. The van der Waals surface area contributed by atoms with Gasteiger partial charge in [-0.25, -0.2) is 0 Å². The van der Waals surface area contributed by atoms with Crippen LogP contribution in [0.4, 0.5) is 0 Å². The number of allylic oxidation sites excluding steroid dienone is 1. The molecular weight excluding hydrogens is 194 g/mol. The van der Waals surface area contributed by atoms with Gasteiger partial charge in [-0.3, -0.25) is 0 Å². The number of benzene rings is 1. The number of nitrogens with one attached hydrogen (secondary N) is 1. The highest BCUT2D eigenvalue weighted by atomic mass is 14.9. The Balaban J connectivity index is 1.91. The minimum atomic E-state index is 0.672. The van der Waals surface area contributed by atoms with Crippen LogP contribution in [0.2, 0.25) is 0 Å². The van der Waals surface area contributed by atoms with E-state index in [1.54, 1.807) is 0 Å². The predicted molar refractivity (Wildman–Crippen MR) is 69.5 cm³/mol. The second kappa shape index (κ2) is 5.31. The summed E-state index contributed by atoms with van der Waals surface area (Å²) in [6.07, 6.45) is 8.27. The lowest BCUT2D eigenvalue weighted by Crippen LogP contribution is -2.29. The van der Waals surface area contributed by atoms with Crippen molar-refractivity contribution in [2.75, 3.05) is 0 Å². The van der Waals surface area contributed by atoms with Crippen LogP contribution in [0.25, 0.3) is 0 Å². The Morgan fingerprint density at radius 1 is 1.12 bits per heavy atom. The molecule has 1 aromatic carbocycles. The minimum absolute atomic E-state index is 0.672. The van der Waals surface area contributed by atoms with Gasteiger partial charge in [0, 0.05) is 12.6 Å². The van der Waals surface area contributed by atoms with Crippen molar-refractivity contribution in [1.82, 2.24) is 5.32 Å². The van der Waals surface area contributed by atoms with E-state index in [-0.39, 0.29) is 0 Å². The fraction of sp³-hybridized carbons (Fsp3) is 0.467. The summed E-state index contributed by atoms with van der Waals surface area (Å²) in [4.78, 5) is 0. The first-order chi connectivity index (χ1) is 7.74. The maximum absolute atomic E-state index is 3.64. The van der Waals surface area contributed by atoms with Crippen LogP contribution in [0, 0.1) is 13.8 Å². The van der Waals surface area contributed by atoms with Crippen molar-refractivity contribution in [1.29, 1.82) is 0 Å². The summed E-state index contributed by atoms with van der Waals surface area (Å²) in [5, 5.41) is 3.64. The van der Waals surface area contributed by atoms with Crippen LogP contribution in [0.1, 0.15) is 36.0 Å². The Bertz CT molecular complexity index is 359. The molecule has 0 heterocycles. The second-order valence-corrected chi connectivity index (χ2v) is 4.86. The molecule has 0 aromatic heterocycles. The molecule has 0 saturated heterocycles. The first kappa shape index (κ1) is 11.4. The molecule has 0 radical (unpaired) electrons. The third-order valence-corrected chi connectivity index (χ3v) is 3.15. The van der Waals surface area contributed by atoms with E-state index < -0.39 is 0 Å². The summed E-state index contributed by atoms with van der Waals surface area (Å²) < 4.78 is 0. The third kappa shape index (κ3) is 3.21. The molecule has 1 aliphatic carbocycles. The molecule has 1 atom stereocenters. The summed E-state index contributed by atoms with van der Waals surface area (Å²) in [7, 11) is 0. The number of rotatable bonds is 3. The maximum atomic E-state index is 3.64. The Morgan fingerprint density at radius 3 is 2.50 bits per heavy atom. The average molecular weight is 215 g/mol. The molecule has 16 heavy (non-hydrogen) atoms. The minimum Gasteiger partial charge on any atom is -0.310 e. The zero-order valence-corrected chi connectivity index (χ0v) is 10.3. The first-order valence-electron chi connectivity index (χ1n) is 6.19. The van der Waals surface area contributed by atoms with Gasteiger partial charge >= 0.3 is 0 Å². The van der Waals surface area contributed by atoms with E-state index in [1.807, 2.05) is 0 Å². The molecule has 2 rings (SSSR count). The van der Waals surface area contributed by atoms with Gasteiger partial charge < -0.3 is 5.32 Å². The monoisotopic (exact) mass is 215 g/mol. The van der Waals surface area contributed by atoms with Crippen LogP contribution in [0.3, 0.4) is 0 Å². The molecule has 0 aliphatic heterocycles. The van der Waals surface area contributed by atoms with Gasteiger partial charge in [0.1, 0.15) is 0 Å². The highest BCUT2D eigenvalue weighted by Gasteiger charge is 2.08. The SMILES string of the molecule is Cc1cc(C)cc(CNC2CC=CCC2)c1. The molecule has 1 aromatic rings. The lowest BCUT2D eigenvalue weighted by atomic mass is 10.0. The topological polar surface area (TPSA) is 12.0 Å². The predicted octanol–water partition coefficient (Wildman–Crippen LogP) is 3.50. The Labute approximate surface area is 98.6 Å². The number of aryl methyl sites for hydroxylation is 2. The van der Waals surface area contributed by atoms with Crippen LogP contribution in [-0.2, 0) is 6.54 Å². The Morgan fingerprint density at radius 2 is 1.88 bits per heavy atom. The Hall–Kier alpha value is -1.08. The highest BCUT2D eigenvalue weighted by Crippen LogP contribution is 2.13. The lowest BCUT2D eigenvalue weighted by Gasteiger charge is -2.19. The second-order valence-electron chi connectivity index (χ2n) is 4.86. The molecule has 0 fully saturated rings. The molecular formula is C15H21N. The third-order valence-electron chi connectivity index (χ3n) is 3.15. The standard InChI is InChI=1S/C15H21N/c1-12-8-13(2)10-14(9-12)11-16-15-6-4-3-5-7-15/h3-4,8-10,15-16H,5-7,11H2,1-2H3. The Kier molecular flexibility index (Phi) is 3.79. The summed E-state index contributed by atoms with van der Waals surface area (Å²) in [5.41, 5.74) is 4.13. The van der Waals surface area contributed by atoms with Gasteiger partial charge in [0.2, 0.25) is 0 Å². The molecule has 1 aliphatic rings. The zero-order chi connectivity index (χ0) is 11.4. The molecule has 1 unspecified atom stereocenters. The van der Waals surface area contributed by atoms with E-state index in [9.17, 15) is 0 Å². The van der Waals surface area contributed by atoms with Gasteiger partial charge in [0.15, 0.2) is 0 Å². The number of hydrogen-bond donors (Lipinski definition) is 1. The van der Waals surface area contributed by atoms with E-state index >= 15 is 0 Å². The van der Waals surface area contributed by atoms with Crippen LogP contribution in [0.15, 0.2) is 30.4 Å². The molecule has 0 spiro atoms. The fourth-order valence-electron chi connectivity index (χ4n) is 2.41. The largest absolute Gasteiger partial charge is 0.310 e. The van der Waals surface area contributed by atoms with Gasteiger partial charge in [0.25, 0.3) is 0 Å². The summed E-state index contributed by atoms with van der Waals surface area (Å²) >= 11 is 0. The van der Waals surface area contributed by atoms with E-state index in [2.05, 4.69) is 49.5 Å². The van der Waals surface area contributed by atoms with E-state index in [0.717, 1.165) is 6.54 Å². The summed E-state index contributed by atoms with van der Waals surface area (Å²) in [6.45, 7) is 5.33. The van der Waals surface area contributed by atoms with E-state index in [1.165, 1.54) is 36.0 Å². The van der Waals surface area contributed by atoms with Crippen molar-refractivity contribution >= 4 is 0 Å². The van der Waals surface area contributed by atoms with Crippen LogP contribution >= 0.6 is 0 Å². The average Bonchev–Trinajstić information content (AvgIpc) is 2.27. The van der Waals surface area contributed by atoms with E-state index in [0.29, 0.717) is 6.04 Å².